The van der Waals surface area contributed by atoms with Crippen molar-refractivity contribution in [1.29, 1.82) is 0 Å². The molecule has 112 valence electrons. The smallest absolute Gasteiger partial charge is 0.296 e. The maximum atomic E-state index is 11.2. The van der Waals surface area contributed by atoms with Crippen molar-refractivity contribution in [2.45, 2.75) is 19.9 Å². The van der Waals surface area contributed by atoms with E-state index >= 15 is 0 Å². The highest BCUT2D eigenvalue weighted by Crippen LogP contribution is 2.31. The number of ether oxygens (including phenoxy) is 1. The average Bonchev–Trinajstić information content (AvgIpc) is 2.87. The van der Waals surface area contributed by atoms with Gasteiger partial charge in [-0.3, -0.25) is 10.1 Å². The zero-order chi connectivity index (χ0) is 15.4. The third-order valence-electron chi connectivity index (χ3n) is 3.09. The van der Waals surface area contributed by atoms with Gasteiger partial charge < -0.3 is 14.6 Å². The number of hydrogen-bond donors (Lipinski definition) is 1. The standard InChI is InChI=1S/C14H18N4O3/c1-4-21-11-5-6-12(13(9-11)18(19)20)16-10(2)14-15-7-8-17(14)3/h5-10,16H,4H2,1-3H3. The summed E-state index contributed by atoms with van der Waals surface area (Å²) in [6.07, 6.45) is 3.53. The number of aryl methyl sites for hydroxylation is 1. The number of nitrogens with one attached hydrogen (secondary N) is 1. The SMILES string of the molecule is CCOc1ccc(NC(C)c2nccn2C)c([N+](=O)[O-])c1. The van der Waals surface area contributed by atoms with Crippen LogP contribution in [0.25, 0.3) is 0 Å². The van der Waals surface area contributed by atoms with E-state index in [-0.39, 0.29) is 11.7 Å². The Morgan fingerprint density at radius 2 is 2.29 bits per heavy atom. The number of aromatic nitrogens is 2. The summed E-state index contributed by atoms with van der Waals surface area (Å²) in [6, 6.07) is 4.64. The molecule has 0 bridgehead atoms. The third kappa shape index (κ3) is 3.31. The van der Waals surface area contributed by atoms with Crippen LogP contribution >= 0.6 is 0 Å². The highest BCUT2D eigenvalue weighted by Gasteiger charge is 2.19. The number of rotatable bonds is 6. The van der Waals surface area contributed by atoms with Crippen molar-refractivity contribution in [3.05, 3.63) is 46.5 Å². The number of hydrogen-bond acceptors (Lipinski definition) is 5. The lowest BCUT2D eigenvalue weighted by atomic mass is 10.2. The van der Waals surface area contributed by atoms with Gasteiger partial charge in [0.05, 0.1) is 23.6 Å². The zero-order valence-electron chi connectivity index (χ0n) is 12.2. The molecule has 7 nitrogen and oxygen atoms in total. The van der Waals surface area contributed by atoms with Gasteiger partial charge in [0.1, 0.15) is 17.3 Å². The molecule has 2 rings (SSSR count). The van der Waals surface area contributed by atoms with Gasteiger partial charge in [0.25, 0.3) is 5.69 Å². The highest BCUT2D eigenvalue weighted by molar-refractivity contribution is 5.64. The first-order chi connectivity index (χ1) is 10.0. The van der Waals surface area contributed by atoms with Gasteiger partial charge in [-0.25, -0.2) is 4.98 Å². The van der Waals surface area contributed by atoms with Crippen molar-refractivity contribution in [3.63, 3.8) is 0 Å². The van der Waals surface area contributed by atoms with E-state index in [0.717, 1.165) is 5.82 Å². The van der Waals surface area contributed by atoms with Crippen LogP contribution in [-0.4, -0.2) is 21.1 Å². The van der Waals surface area contributed by atoms with Gasteiger partial charge >= 0.3 is 0 Å². The number of nitro benzene ring substituents is 1. The van der Waals surface area contributed by atoms with Gasteiger partial charge in [0, 0.05) is 19.4 Å². The molecule has 7 heteroatoms. The molecule has 21 heavy (non-hydrogen) atoms. The van der Waals surface area contributed by atoms with Crippen LogP contribution in [0, 0.1) is 10.1 Å². The lowest BCUT2D eigenvalue weighted by Gasteiger charge is -2.15. The third-order valence-corrected chi connectivity index (χ3v) is 3.09. The summed E-state index contributed by atoms with van der Waals surface area (Å²) in [6.45, 7) is 4.21. The van der Waals surface area contributed by atoms with Gasteiger partial charge in [-0.2, -0.15) is 0 Å². The molecule has 2 aromatic rings. The predicted molar refractivity (Wildman–Crippen MR) is 79.5 cm³/mol. The van der Waals surface area contributed by atoms with Crippen LogP contribution in [0.3, 0.4) is 0 Å². The lowest BCUT2D eigenvalue weighted by Crippen LogP contribution is -2.13. The van der Waals surface area contributed by atoms with E-state index in [0.29, 0.717) is 18.0 Å². The minimum Gasteiger partial charge on any atom is -0.494 e. The lowest BCUT2D eigenvalue weighted by molar-refractivity contribution is -0.384. The summed E-state index contributed by atoms with van der Waals surface area (Å²) >= 11 is 0. The Hall–Kier alpha value is -2.57. The van der Waals surface area contributed by atoms with E-state index in [1.807, 2.05) is 31.7 Å². The molecule has 1 heterocycles. The van der Waals surface area contributed by atoms with Crippen molar-refractivity contribution in [3.8, 4) is 5.75 Å². The van der Waals surface area contributed by atoms with E-state index in [4.69, 9.17) is 4.74 Å². The topological polar surface area (TPSA) is 82.2 Å². The summed E-state index contributed by atoms with van der Waals surface area (Å²) in [5, 5.41) is 14.3. The van der Waals surface area contributed by atoms with Crippen molar-refractivity contribution in [2.24, 2.45) is 7.05 Å². The Labute approximate surface area is 122 Å². The van der Waals surface area contributed by atoms with E-state index in [9.17, 15) is 10.1 Å². The van der Waals surface area contributed by atoms with Crippen LogP contribution in [0.4, 0.5) is 11.4 Å². The maximum absolute atomic E-state index is 11.2. The van der Waals surface area contributed by atoms with Crippen LogP contribution in [0.5, 0.6) is 5.75 Å². The van der Waals surface area contributed by atoms with Crippen molar-refractivity contribution in [2.75, 3.05) is 11.9 Å². The fourth-order valence-electron chi connectivity index (χ4n) is 2.13. The first-order valence-corrected chi connectivity index (χ1v) is 6.68. The van der Waals surface area contributed by atoms with Crippen molar-refractivity contribution in [1.82, 2.24) is 9.55 Å². The zero-order valence-corrected chi connectivity index (χ0v) is 12.2. The second kappa shape index (κ2) is 6.25. The maximum Gasteiger partial charge on any atom is 0.296 e. The fourth-order valence-corrected chi connectivity index (χ4v) is 2.13. The number of anilines is 1. The minimum absolute atomic E-state index is 0.0120. The van der Waals surface area contributed by atoms with Gasteiger partial charge in [-0.15, -0.1) is 0 Å². The number of benzene rings is 1. The molecule has 0 saturated heterocycles. The highest BCUT2D eigenvalue weighted by atomic mass is 16.6. The molecule has 0 aliphatic rings. The molecule has 1 unspecified atom stereocenters. The van der Waals surface area contributed by atoms with Crippen molar-refractivity contribution >= 4 is 11.4 Å². The van der Waals surface area contributed by atoms with Crippen LogP contribution < -0.4 is 10.1 Å². The Morgan fingerprint density at radius 1 is 1.52 bits per heavy atom. The largest absolute Gasteiger partial charge is 0.494 e. The second-order valence-corrected chi connectivity index (χ2v) is 4.63. The number of nitro groups is 1. The van der Waals surface area contributed by atoms with E-state index in [1.165, 1.54) is 6.07 Å². The molecule has 0 amide bonds. The van der Waals surface area contributed by atoms with Crippen LogP contribution in [-0.2, 0) is 7.05 Å². The van der Waals surface area contributed by atoms with E-state index in [1.54, 1.807) is 18.3 Å². The van der Waals surface area contributed by atoms with Gasteiger partial charge in [0.15, 0.2) is 0 Å². The molecular formula is C14H18N4O3. The normalized spacial score (nSPS) is 12.0. The predicted octanol–water partition coefficient (Wildman–Crippen LogP) is 2.90. The second-order valence-electron chi connectivity index (χ2n) is 4.63. The molecular weight excluding hydrogens is 272 g/mol. The first-order valence-electron chi connectivity index (χ1n) is 6.68. The van der Waals surface area contributed by atoms with Crippen LogP contribution in [0.1, 0.15) is 25.7 Å². The molecule has 0 aliphatic heterocycles. The monoisotopic (exact) mass is 290 g/mol. The Kier molecular flexibility index (Phi) is 4.42. The minimum atomic E-state index is -0.421. The molecule has 0 radical (unpaired) electrons. The molecule has 1 N–H and O–H groups in total. The molecule has 0 fully saturated rings. The summed E-state index contributed by atoms with van der Waals surface area (Å²) in [5.74, 6) is 1.29. The molecule has 1 atom stereocenters. The van der Waals surface area contributed by atoms with Crippen molar-refractivity contribution < 1.29 is 9.66 Å². The van der Waals surface area contributed by atoms with Crippen LogP contribution in [0.15, 0.2) is 30.6 Å². The first kappa shape index (κ1) is 14.8. The van der Waals surface area contributed by atoms with Crippen LogP contribution in [0.2, 0.25) is 0 Å². The quantitative estimate of drug-likeness (QED) is 0.653. The summed E-state index contributed by atoms with van der Waals surface area (Å²) < 4.78 is 7.17. The Balaban J connectivity index is 2.27. The Bertz CT molecular complexity index is 639. The summed E-state index contributed by atoms with van der Waals surface area (Å²) in [7, 11) is 1.88. The Morgan fingerprint density at radius 3 is 2.86 bits per heavy atom. The van der Waals surface area contributed by atoms with E-state index < -0.39 is 4.92 Å². The molecule has 1 aromatic carbocycles. The molecule has 0 spiro atoms. The van der Waals surface area contributed by atoms with Gasteiger partial charge in [-0.1, -0.05) is 0 Å². The molecule has 0 aliphatic carbocycles. The molecule has 1 aromatic heterocycles. The fraction of sp³-hybridized carbons (Fsp3) is 0.357. The van der Waals surface area contributed by atoms with E-state index in [2.05, 4.69) is 10.3 Å². The summed E-state index contributed by atoms with van der Waals surface area (Å²) in [4.78, 5) is 15.0. The van der Waals surface area contributed by atoms with Gasteiger partial charge in [-0.05, 0) is 26.0 Å². The number of nitrogens with zero attached hydrogens (tertiary/aromatic N) is 3. The number of imidazole rings is 1. The summed E-state index contributed by atoms with van der Waals surface area (Å²) in [5.41, 5.74) is 0.431. The molecule has 0 saturated carbocycles. The average molecular weight is 290 g/mol. The van der Waals surface area contributed by atoms with Gasteiger partial charge in [0.2, 0.25) is 0 Å².